The fourth-order valence-electron chi connectivity index (χ4n) is 3.92. The van der Waals surface area contributed by atoms with Gasteiger partial charge in [0.15, 0.2) is 0 Å². The van der Waals surface area contributed by atoms with Crippen molar-refractivity contribution in [2.75, 3.05) is 0 Å². The number of unbranched alkanes of at least 4 members (excludes halogenated alkanes) is 2. The van der Waals surface area contributed by atoms with Crippen molar-refractivity contribution in [3.63, 3.8) is 0 Å². The molecular formula is C26H40O. The van der Waals surface area contributed by atoms with Crippen LogP contribution in [-0.4, -0.2) is 6.29 Å². The minimum atomic E-state index is 0.657. The highest BCUT2D eigenvalue weighted by atomic mass is 16.1. The first-order valence-electron chi connectivity index (χ1n) is 11.2. The molecular weight excluding hydrogens is 328 g/mol. The van der Waals surface area contributed by atoms with Gasteiger partial charge >= 0.3 is 0 Å². The van der Waals surface area contributed by atoms with Crippen LogP contribution < -0.4 is 0 Å². The Balaban J connectivity index is 3.15. The Morgan fingerprint density at radius 3 is 1.89 bits per heavy atom. The summed E-state index contributed by atoms with van der Waals surface area (Å²) in [7, 11) is 0. The predicted molar refractivity (Wildman–Crippen MR) is 118 cm³/mol. The molecule has 1 aromatic carbocycles. The van der Waals surface area contributed by atoms with Gasteiger partial charge in [-0.1, -0.05) is 85.0 Å². The SMILES string of the molecule is CC#Cc1cc(CC(CC)CCCC)c(C=O)cc1CC(CC)CCCC. The van der Waals surface area contributed by atoms with Gasteiger partial charge in [-0.2, -0.15) is 0 Å². The van der Waals surface area contributed by atoms with Gasteiger partial charge in [0.25, 0.3) is 0 Å². The Kier molecular flexibility index (Phi) is 11.8. The molecule has 0 spiro atoms. The molecule has 1 heteroatoms. The van der Waals surface area contributed by atoms with Crippen LogP contribution in [0.3, 0.4) is 0 Å². The summed E-state index contributed by atoms with van der Waals surface area (Å²) in [5.74, 6) is 7.75. The maximum atomic E-state index is 11.8. The van der Waals surface area contributed by atoms with Crippen LogP contribution >= 0.6 is 0 Å². The van der Waals surface area contributed by atoms with E-state index in [4.69, 9.17) is 0 Å². The van der Waals surface area contributed by atoms with Gasteiger partial charge in [-0.25, -0.2) is 0 Å². The second-order valence-corrected chi connectivity index (χ2v) is 7.94. The van der Waals surface area contributed by atoms with Crippen molar-refractivity contribution in [2.24, 2.45) is 11.8 Å². The van der Waals surface area contributed by atoms with Crippen LogP contribution in [0.1, 0.15) is 113 Å². The number of hydrogen-bond donors (Lipinski definition) is 0. The average Bonchev–Trinajstić information content (AvgIpc) is 2.69. The predicted octanol–water partition coefficient (Wildman–Crippen LogP) is 7.39. The van der Waals surface area contributed by atoms with Gasteiger partial charge in [-0.15, -0.1) is 5.92 Å². The number of carbonyl (C=O) groups excluding carboxylic acids is 1. The van der Waals surface area contributed by atoms with Crippen molar-refractivity contribution < 1.29 is 4.79 Å². The maximum Gasteiger partial charge on any atom is 0.150 e. The van der Waals surface area contributed by atoms with Crippen LogP contribution in [0.5, 0.6) is 0 Å². The second kappa shape index (κ2) is 13.6. The van der Waals surface area contributed by atoms with Crippen molar-refractivity contribution in [3.8, 4) is 11.8 Å². The molecule has 2 atom stereocenters. The van der Waals surface area contributed by atoms with E-state index in [0.717, 1.165) is 30.3 Å². The molecule has 0 N–H and O–H groups in total. The maximum absolute atomic E-state index is 11.8. The normalized spacial score (nSPS) is 12.9. The molecule has 0 saturated carbocycles. The fraction of sp³-hybridized carbons (Fsp3) is 0.654. The van der Waals surface area contributed by atoms with E-state index in [0.29, 0.717) is 11.8 Å². The van der Waals surface area contributed by atoms with Crippen molar-refractivity contribution >= 4 is 6.29 Å². The summed E-state index contributed by atoms with van der Waals surface area (Å²) in [6.45, 7) is 10.9. The average molecular weight is 369 g/mol. The second-order valence-electron chi connectivity index (χ2n) is 7.94. The Bertz CT molecular complexity index is 617. The monoisotopic (exact) mass is 368 g/mol. The Hall–Kier alpha value is -1.55. The molecule has 0 aliphatic heterocycles. The lowest BCUT2D eigenvalue weighted by molar-refractivity contribution is 0.112. The fourth-order valence-corrected chi connectivity index (χ4v) is 3.92. The van der Waals surface area contributed by atoms with Crippen molar-refractivity contribution in [2.45, 2.75) is 98.8 Å². The number of rotatable bonds is 13. The van der Waals surface area contributed by atoms with Crippen LogP contribution in [0, 0.1) is 23.7 Å². The molecule has 2 unspecified atom stereocenters. The molecule has 27 heavy (non-hydrogen) atoms. The van der Waals surface area contributed by atoms with Gasteiger partial charge < -0.3 is 0 Å². The van der Waals surface area contributed by atoms with E-state index in [1.165, 1.54) is 62.5 Å². The lowest BCUT2D eigenvalue weighted by Crippen LogP contribution is -2.10. The molecule has 0 fully saturated rings. The molecule has 150 valence electrons. The zero-order valence-corrected chi connectivity index (χ0v) is 18.4. The molecule has 1 nitrogen and oxygen atoms in total. The third-order valence-electron chi connectivity index (χ3n) is 5.86. The minimum absolute atomic E-state index is 0.657. The van der Waals surface area contributed by atoms with E-state index >= 15 is 0 Å². The van der Waals surface area contributed by atoms with Crippen LogP contribution in [0.25, 0.3) is 0 Å². The van der Waals surface area contributed by atoms with Gasteiger partial charge in [0.05, 0.1) is 0 Å². The van der Waals surface area contributed by atoms with Crippen molar-refractivity contribution in [1.82, 2.24) is 0 Å². The Morgan fingerprint density at radius 2 is 1.44 bits per heavy atom. The van der Waals surface area contributed by atoms with E-state index in [1.54, 1.807) is 0 Å². The van der Waals surface area contributed by atoms with Gasteiger partial charge in [0.2, 0.25) is 0 Å². The molecule has 0 radical (unpaired) electrons. The summed E-state index contributed by atoms with van der Waals surface area (Å²) >= 11 is 0. The summed E-state index contributed by atoms with van der Waals surface area (Å²) in [4.78, 5) is 11.8. The van der Waals surface area contributed by atoms with Gasteiger partial charge in [-0.3, -0.25) is 4.79 Å². The summed E-state index contributed by atoms with van der Waals surface area (Å²) in [5.41, 5.74) is 4.47. The first-order chi connectivity index (χ1) is 13.1. The molecule has 0 aliphatic rings. The molecule has 0 amide bonds. The van der Waals surface area contributed by atoms with Gasteiger partial charge in [-0.05, 0) is 54.9 Å². The lowest BCUT2D eigenvalue weighted by Gasteiger charge is -2.19. The quantitative estimate of drug-likeness (QED) is 0.262. The zero-order chi connectivity index (χ0) is 20.1. The van der Waals surface area contributed by atoms with Crippen LogP contribution in [0.15, 0.2) is 12.1 Å². The van der Waals surface area contributed by atoms with Crippen LogP contribution in [0.2, 0.25) is 0 Å². The molecule has 0 bridgehead atoms. The van der Waals surface area contributed by atoms with Crippen LogP contribution in [-0.2, 0) is 12.8 Å². The highest BCUT2D eigenvalue weighted by Crippen LogP contribution is 2.26. The topological polar surface area (TPSA) is 17.1 Å². The van der Waals surface area contributed by atoms with E-state index in [2.05, 4.69) is 51.7 Å². The number of carbonyl (C=O) groups is 1. The van der Waals surface area contributed by atoms with Gasteiger partial charge in [0, 0.05) is 11.1 Å². The summed E-state index contributed by atoms with van der Waals surface area (Å²) in [6, 6.07) is 4.36. The highest BCUT2D eigenvalue weighted by Gasteiger charge is 2.16. The molecule has 0 aliphatic carbocycles. The zero-order valence-electron chi connectivity index (χ0n) is 18.4. The number of hydrogen-bond acceptors (Lipinski definition) is 1. The summed E-state index contributed by atoms with van der Waals surface area (Å²) in [5, 5.41) is 0. The molecule has 0 saturated heterocycles. The summed E-state index contributed by atoms with van der Waals surface area (Å²) in [6.07, 6.45) is 13.0. The minimum Gasteiger partial charge on any atom is -0.298 e. The van der Waals surface area contributed by atoms with E-state index in [9.17, 15) is 4.79 Å². The van der Waals surface area contributed by atoms with E-state index < -0.39 is 0 Å². The van der Waals surface area contributed by atoms with E-state index in [-0.39, 0.29) is 0 Å². The largest absolute Gasteiger partial charge is 0.298 e. The summed E-state index contributed by atoms with van der Waals surface area (Å²) < 4.78 is 0. The lowest BCUT2D eigenvalue weighted by atomic mass is 9.85. The third-order valence-corrected chi connectivity index (χ3v) is 5.86. The Labute approximate surface area is 168 Å². The van der Waals surface area contributed by atoms with E-state index in [1.807, 2.05) is 6.92 Å². The first kappa shape index (κ1) is 23.5. The van der Waals surface area contributed by atoms with Crippen molar-refractivity contribution in [1.29, 1.82) is 0 Å². The van der Waals surface area contributed by atoms with Crippen LogP contribution in [0.4, 0.5) is 0 Å². The Morgan fingerprint density at radius 1 is 0.889 bits per heavy atom. The highest BCUT2D eigenvalue weighted by molar-refractivity contribution is 5.78. The third kappa shape index (κ3) is 7.92. The molecule has 0 heterocycles. The molecule has 1 rings (SSSR count). The van der Waals surface area contributed by atoms with Gasteiger partial charge in [0.1, 0.15) is 6.29 Å². The standard InChI is InChI=1S/C26H40O/c1-6-11-14-21(9-4)16-24-19-26(20-27)25(18-23(24)13-8-3)17-22(10-5)15-12-7-2/h18-22H,6-7,9-12,14-17H2,1-5H3. The smallest absolute Gasteiger partial charge is 0.150 e. The first-order valence-corrected chi connectivity index (χ1v) is 11.2. The van der Waals surface area contributed by atoms with Crippen molar-refractivity contribution in [3.05, 3.63) is 34.4 Å². The number of benzene rings is 1. The molecule has 0 aromatic heterocycles. The number of aldehydes is 1. The molecule has 1 aromatic rings.